The lowest BCUT2D eigenvalue weighted by atomic mass is 10.0. The van der Waals surface area contributed by atoms with Crippen LogP contribution in [0.15, 0.2) is 60.9 Å². The van der Waals surface area contributed by atoms with Gasteiger partial charge >= 0.3 is 12.2 Å². The molecule has 4 amide bonds. The van der Waals surface area contributed by atoms with Crippen molar-refractivity contribution in [2.45, 2.75) is 89.6 Å². The Kier molecular flexibility index (Phi) is 9.83. The molecule has 2 saturated carbocycles. The number of carbonyl (C=O) groups is 4. The molecule has 8 atom stereocenters. The fourth-order valence-electron chi connectivity index (χ4n) is 8.74. The van der Waals surface area contributed by atoms with Crippen LogP contribution in [0.1, 0.15) is 77.1 Å². The summed E-state index contributed by atoms with van der Waals surface area (Å²) in [6.45, 7) is 7.67. The number of rotatable bonds is 11. The van der Waals surface area contributed by atoms with Gasteiger partial charge in [0.25, 0.3) is 0 Å². The van der Waals surface area contributed by atoms with Crippen LogP contribution in [0.4, 0.5) is 9.59 Å². The number of hydrogen-bond acceptors (Lipinski definition) is 8. The molecule has 294 valence electrons. The molecule has 14 nitrogen and oxygen atoms in total. The van der Waals surface area contributed by atoms with E-state index in [1.807, 2.05) is 49.9 Å². The number of likely N-dealkylation sites (tertiary alicyclic amines) is 2. The molecule has 2 aliphatic carbocycles. The number of amides is 4. The van der Waals surface area contributed by atoms with Crippen LogP contribution in [0.25, 0.3) is 33.6 Å². The second-order valence-corrected chi connectivity index (χ2v) is 16.4. The zero-order valence-corrected chi connectivity index (χ0v) is 32.6. The Morgan fingerprint density at radius 3 is 1.30 bits per heavy atom. The van der Waals surface area contributed by atoms with Crippen molar-refractivity contribution in [3.8, 4) is 33.6 Å². The van der Waals surface area contributed by atoms with Crippen LogP contribution in [0.2, 0.25) is 0 Å². The third kappa shape index (κ3) is 7.01. The van der Waals surface area contributed by atoms with Crippen molar-refractivity contribution in [2.24, 2.45) is 23.7 Å². The smallest absolute Gasteiger partial charge is 0.407 e. The third-order valence-electron chi connectivity index (χ3n) is 12.0. The molecule has 4 fully saturated rings. The summed E-state index contributed by atoms with van der Waals surface area (Å²) in [5.74, 6) is 2.01. The maximum atomic E-state index is 13.8. The topological polar surface area (TPSA) is 175 Å². The van der Waals surface area contributed by atoms with Crippen LogP contribution in [-0.2, 0) is 19.1 Å². The van der Waals surface area contributed by atoms with Crippen molar-refractivity contribution >= 4 is 24.0 Å². The van der Waals surface area contributed by atoms with Gasteiger partial charge in [0, 0.05) is 12.1 Å². The van der Waals surface area contributed by atoms with Gasteiger partial charge in [-0.05, 0) is 71.6 Å². The van der Waals surface area contributed by atoms with E-state index in [1.54, 1.807) is 0 Å². The minimum Gasteiger partial charge on any atom is -0.453 e. The third-order valence-corrected chi connectivity index (χ3v) is 12.0. The van der Waals surface area contributed by atoms with Gasteiger partial charge in [-0.3, -0.25) is 9.59 Å². The van der Waals surface area contributed by atoms with Crippen LogP contribution in [-0.4, -0.2) is 92.1 Å². The lowest BCUT2D eigenvalue weighted by Crippen LogP contribution is -2.52. The van der Waals surface area contributed by atoms with E-state index < -0.39 is 24.3 Å². The number of imidazole rings is 2. The first-order chi connectivity index (χ1) is 26.9. The molecule has 4 aromatic rings. The minimum absolute atomic E-state index is 0.0971. The molecule has 2 aromatic heterocycles. The lowest BCUT2D eigenvalue weighted by Gasteiger charge is -2.31. The zero-order valence-electron chi connectivity index (χ0n) is 32.6. The Morgan fingerprint density at radius 1 is 0.607 bits per heavy atom. The van der Waals surface area contributed by atoms with Crippen LogP contribution >= 0.6 is 0 Å². The molecular weight excluding hydrogens is 713 g/mol. The Labute approximate surface area is 326 Å². The molecule has 4 aliphatic rings. The molecule has 2 saturated heterocycles. The van der Waals surface area contributed by atoms with E-state index in [4.69, 9.17) is 19.4 Å². The van der Waals surface area contributed by atoms with Crippen LogP contribution in [0.3, 0.4) is 0 Å². The summed E-state index contributed by atoms with van der Waals surface area (Å²) in [7, 11) is 2.60. The van der Waals surface area contributed by atoms with Gasteiger partial charge in [0.05, 0.1) is 50.1 Å². The van der Waals surface area contributed by atoms with E-state index in [1.165, 1.54) is 14.2 Å². The number of alkyl carbamates (subject to hydrolysis) is 2. The van der Waals surface area contributed by atoms with Gasteiger partial charge in [-0.1, -0.05) is 76.2 Å². The number of H-pyrrole nitrogens is 2. The molecule has 0 bridgehead atoms. The molecule has 1 unspecified atom stereocenters. The first kappa shape index (κ1) is 37.3. The van der Waals surface area contributed by atoms with E-state index in [0.717, 1.165) is 71.0 Å². The Bertz CT molecular complexity index is 1960. The molecule has 56 heavy (non-hydrogen) atoms. The van der Waals surface area contributed by atoms with Crippen molar-refractivity contribution < 1.29 is 28.7 Å². The molecule has 0 spiro atoms. The number of nitrogens with one attached hydrogen (secondary N) is 4. The van der Waals surface area contributed by atoms with Gasteiger partial charge in [0.15, 0.2) is 0 Å². The second-order valence-electron chi connectivity index (χ2n) is 16.4. The predicted octanol–water partition coefficient (Wildman–Crippen LogP) is 6.22. The maximum Gasteiger partial charge on any atom is 0.407 e. The monoisotopic (exact) mass is 762 g/mol. The average Bonchev–Trinajstić information content (AvgIpc) is 3.79. The minimum atomic E-state index is -0.676. The number of fused-ring (bicyclic) bond motifs is 2. The zero-order chi connectivity index (χ0) is 39.4. The highest BCUT2D eigenvalue weighted by atomic mass is 16.5. The van der Waals surface area contributed by atoms with Crippen molar-refractivity contribution in [1.29, 1.82) is 0 Å². The number of hydrogen-bond donors (Lipinski definition) is 4. The summed E-state index contributed by atoms with van der Waals surface area (Å²) in [4.78, 5) is 71.9. The number of methoxy groups -OCH3 is 2. The standard InChI is InChI=1S/C42H50N8O6/c1-21(2)35(47-41(53)55-5)39(51)49-31-15-27(31)17-33(49)37-43-19-29(45-37)25-11-7-23(8-12-25)24-9-13-26(14-10-24)30-20-44-38(46-30)34-18-28-16-32(28)50(34)40(52)36(22(3)4)48-42(54)56-6/h7-14,19-22,27-28,31-36H,15-18H2,1-6H3,(H,43,45)(H,44,46)(H,47,53)(H,48,54)/t27-,28-,31-,32?,33+,34+,35+,36+/m1/s1. The lowest BCUT2D eigenvalue weighted by molar-refractivity contribution is -0.137. The van der Waals surface area contributed by atoms with Gasteiger partial charge in [-0.15, -0.1) is 0 Å². The number of carbonyl (C=O) groups excluding carboxylic acids is 4. The first-order valence-corrected chi connectivity index (χ1v) is 19.6. The molecule has 8 rings (SSSR count). The summed E-state index contributed by atoms with van der Waals surface area (Å²) in [5.41, 5.74) is 5.85. The Morgan fingerprint density at radius 2 is 0.964 bits per heavy atom. The number of piperidine rings is 2. The highest BCUT2D eigenvalue weighted by Gasteiger charge is 2.57. The Hall–Kier alpha value is -5.66. The Balaban J connectivity index is 0.931. The van der Waals surface area contributed by atoms with E-state index in [9.17, 15) is 19.2 Å². The number of aromatic amines is 2. The van der Waals surface area contributed by atoms with E-state index in [2.05, 4.69) is 69.1 Å². The summed E-state index contributed by atoms with van der Waals surface area (Å²) < 4.78 is 9.58. The first-order valence-electron chi connectivity index (χ1n) is 19.6. The molecule has 0 radical (unpaired) electrons. The van der Waals surface area contributed by atoms with E-state index in [0.29, 0.717) is 11.8 Å². The summed E-state index contributed by atoms with van der Waals surface area (Å²) >= 11 is 0. The second kappa shape index (κ2) is 14.8. The van der Waals surface area contributed by atoms with Gasteiger partial charge in [0.2, 0.25) is 11.8 Å². The average molecular weight is 763 g/mol. The SMILES string of the molecule is COC(=O)N[C@H](C(=O)N1C2C[C@@H]2C[C@H]1c1ncc(-c2ccc(-c3ccc(-c4cnc([C@@H]5C[C@H]6C[C@H]6N5C(=O)[C@@H](NC(=O)OC)C(C)C)[nH]4)cc3)cc2)[nH]1)C(C)C. The van der Waals surface area contributed by atoms with Crippen molar-refractivity contribution in [3.05, 3.63) is 72.6 Å². The maximum absolute atomic E-state index is 13.8. The van der Waals surface area contributed by atoms with Gasteiger partial charge in [-0.25, -0.2) is 19.6 Å². The number of nitrogens with zero attached hydrogens (tertiary/aromatic N) is 4. The van der Waals surface area contributed by atoms with Crippen molar-refractivity contribution in [1.82, 2.24) is 40.4 Å². The fourth-order valence-corrected chi connectivity index (χ4v) is 8.74. The van der Waals surface area contributed by atoms with Crippen molar-refractivity contribution in [2.75, 3.05) is 14.2 Å². The molecule has 4 N–H and O–H groups in total. The highest BCUT2D eigenvalue weighted by molar-refractivity contribution is 5.88. The summed E-state index contributed by atoms with van der Waals surface area (Å²) in [6, 6.07) is 15.2. The van der Waals surface area contributed by atoms with Crippen molar-refractivity contribution in [3.63, 3.8) is 0 Å². The summed E-state index contributed by atoms with van der Waals surface area (Å²) in [5, 5.41) is 5.47. The largest absolute Gasteiger partial charge is 0.453 e. The number of ether oxygens (including phenoxy) is 2. The molecule has 14 heteroatoms. The molecule has 2 aliphatic heterocycles. The fraction of sp³-hybridized carbons (Fsp3) is 0.476. The molecular formula is C42H50N8O6. The normalized spacial score (nSPS) is 24.4. The van der Waals surface area contributed by atoms with Gasteiger partial charge in [0.1, 0.15) is 23.7 Å². The van der Waals surface area contributed by atoms with Crippen LogP contribution in [0, 0.1) is 23.7 Å². The quantitative estimate of drug-likeness (QED) is 0.139. The summed E-state index contributed by atoms with van der Waals surface area (Å²) in [6.07, 6.45) is 6.06. The molecule has 2 aromatic carbocycles. The number of benzene rings is 2. The van der Waals surface area contributed by atoms with Gasteiger partial charge < -0.3 is 39.9 Å². The van der Waals surface area contributed by atoms with Crippen LogP contribution in [0.5, 0.6) is 0 Å². The van der Waals surface area contributed by atoms with Crippen LogP contribution < -0.4 is 10.6 Å². The van der Waals surface area contributed by atoms with E-state index in [-0.39, 0.29) is 47.8 Å². The molecule has 4 heterocycles. The highest BCUT2D eigenvalue weighted by Crippen LogP contribution is 2.54. The number of aromatic nitrogens is 4. The predicted molar refractivity (Wildman–Crippen MR) is 208 cm³/mol. The van der Waals surface area contributed by atoms with E-state index >= 15 is 0 Å². The van der Waals surface area contributed by atoms with Gasteiger partial charge in [-0.2, -0.15) is 0 Å².